The maximum atomic E-state index is 12.7. The Hall–Kier alpha value is -2.45. The first kappa shape index (κ1) is 51.5. The first-order valence-corrected chi connectivity index (χ1v) is 22.0. The molecule has 8 heteroatoms. The van der Waals surface area contributed by atoms with E-state index in [1.54, 1.807) is 0 Å². The van der Waals surface area contributed by atoms with E-state index in [-0.39, 0.29) is 36.2 Å². The van der Waals surface area contributed by atoms with Crippen molar-refractivity contribution in [3.05, 3.63) is 36.5 Å². The fraction of sp³-hybridized carbons (Fsp3) is 0.804. The van der Waals surface area contributed by atoms with Gasteiger partial charge in [0.25, 0.3) is 0 Å². The molecule has 0 heterocycles. The number of likely N-dealkylation sites (N-methyl/N-ethyl adjacent to an activating group) is 1. The number of ether oxygens (including phenoxy) is 3. The van der Waals surface area contributed by atoms with E-state index in [4.69, 9.17) is 14.2 Å². The zero-order chi connectivity index (χ0) is 40.0. The molecule has 0 aliphatic carbocycles. The fourth-order valence-corrected chi connectivity index (χ4v) is 6.40. The number of hydrogen-bond acceptors (Lipinski definition) is 6. The van der Waals surface area contributed by atoms with Crippen molar-refractivity contribution in [3.63, 3.8) is 0 Å². The average Bonchev–Trinajstić information content (AvgIpc) is 3.12. The van der Waals surface area contributed by atoms with Crippen LogP contribution in [0.25, 0.3) is 0 Å². The smallest absolute Gasteiger partial charge is 0.362 e. The lowest BCUT2D eigenvalue weighted by atomic mass is 10.0. The van der Waals surface area contributed by atoms with Gasteiger partial charge in [0, 0.05) is 19.3 Å². The van der Waals surface area contributed by atoms with Gasteiger partial charge in [-0.15, -0.1) is 0 Å². The molecule has 0 rings (SSSR count). The number of aliphatic carboxylic acids is 1. The number of carbonyl (C=O) groups excluding carboxylic acids is 2. The van der Waals surface area contributed by atoms with Gasteiger partial charge < -0.3 is 23.8 Å². The number of rotatable bonds is 39. The molecule has 2 unspecified atom stereocenters. The average molecular weight is 763 g/mol. The molecular formula is C46H84NO7+. The van der Waals surface area contributed by atoms with Crippen LogP contribution in [-0.2, 0) is 28.6 Å². The molecular weight excluding hydrogens is 679 g/mol. The molecule has 0 bridgehead atoms. The highest BCUT2D eigenvalue weighted by Crippen LogP contribution is 2.15. The van der Waals surface area contributed by atoms with Crippen molar-refractivity contribution in [3.8, 4) is 0 Å². The van der Waals surface area contributed by atoms with Crippen molar-refractivity contribution in [1.82, 2.24) is 0 Å². The van der Waals surface area contributed by atoms with E-state index in [9.17, 15) is 19.5 Å². The third kappa shape index (κ3) is 35.3. The van der Waals surface area contributed by atoms with Crippen molar-refractivity contribution in [2.24, 2.45) is 0 Å². The van der Waals surface area contributed by atoms with Crippen LogP contribution in [0.15, 0.2) is 36.5 Å². The van der Waals surface area contributed by atoms with E-state index >= 15 is 0 Å². The Kier molecular flexibility index (Phi) is 35.8. The molecule has 314 valence electrons. The second-order valence-corrected chi connectivity index (χ2v) is 15.9. The molecule has 0 fully saturated rings. The predicted octanol–water partition coefficient (Wildman–Crippen LogP) is 11.9. The molecule has 0 saturated carbocycles. The molecule has 54 heavy (non-hydrogen) atoms. The van der Waals surface area contributed by atoms with Crippen LogP contribution in [0.1, 0.15) is 187 Å². The van der Waals surface area contributed by atoms with Gasteiger partial charge in [0.2, 0.25) is 0 Å². The second kappa shape index (κ2) is 37.5. The van der Waals surface area contributed by atoms with E-state index < -0.39 is 18.1 Å². The third-order valence-electron chi connectivity index (χ3n) is 9.80. The minimum atomic E-state index is -0.878. The number of nitrogens with zero attached hydrogens (tertiary/aromatic N) is 1. The summed E-state index contributed by atoms with van der Waals surface area (Å²) in [6.07, 6.45) is 41.8. The van der Waals surface area contributed by atoms with Gasteiger partial charge in [-0.3, -0.25) is 9.59 Å². The number of carboxylic acid groups (broad SMARTS) is 1. The Morgan fingerprint density at radius 1 is 0.574 bits per heavy atom. The van der Waals surface area contributed by atoms with Crippen LogP contribution in [0.4, 0.5) is 0 Å². The van der Waals surface area contributed by atoms with Crippen LogP contribution >= 0.6 is 0 Å². The van der Waals surface area contributed by atoms with Gasteiger partial charge in [-0.2, -0.15) is 0 Å². The van der Waals surface area contributed by atoms with E-state index in [0.29, 0.717) is 19.3 Å². The van der Waals surface area contributed by atoms with E-state index in [2.05, 4.69) is 50.3 Å². The number of allylic oxidation sites excluding steroid dienone is 6. The van der Waals surface area contributed by atoms with Crippen LogP contribution in [-0.4, -0.2) is 80.6 Å². The molecule has 0 aromatic heterocycles. The molecule has 0 aromatic carbocycles. The third-order valence-corrected chi connectivity index (χ3v) is 9.80. The molecule has 0 aromatic rings. The number of esters is 2. The number of unbranched alkanes of at least 4 members (excludes halogenated alkanes) is 19. The van der Waals surface area contributed by atoms with E-state index in [1.165, 1.54) is 83.5 Å². The zero-order valence-electron chi connectivity index (χ0n) is 35.7. The Morgan fingerprint density at radius 3 is 1.54 bits per heavy atom. The molecule has 0 aliphatic rings. The molecule has 0 aliphatic heterocycles. The van der Waals surface area contributed by atoms with Gasteiger partial charge in [0.15, 0.2) is 12.1 Å². The summed E-state index contributed by atoms with van der Waals surface area (Å²) >= 11 is 0. The van der Waals surface area contributed by atoms with Gasteiger partial charge in [-0.05, 0) is 44.9 Å². The monoisotopic (exact) mass is 763 g/mol. The summed E-state index contributed by atoms with van der Waals surface area (Å²) in [6.45, 7) is 4.61. The molecule has 0 amide bonds. The molecule has 0 spiro atoms. The van der Waals surface area contributed by atoms with Gasteiger partial charge in [-0.25, -0.2) is 4.79 Å². The highest BCUT2D eigenvalue weighted by molar-refractivity contribution is 5.72. The highest BCUT2D eigenvalue weighted by Gasteiger charge is 2.31. The zero-order valence-corrected chi connectivity index (χ0v) is 35.7. The van der Waals surface area contributed by atoms with Crippen molar-refractivity contribution in [2.45, 2.75) is 199 Å². The summed E-state index contributed by atoms with van der Waals surface area (Å²) in [5, 5.41) is 9.61. The summed E-state index contributed by atoms with van der Waals surface area (Å²) in [6, 6.07) is -0.617. The molecule has 0 radical (unpaired) electrons. The number of carbonyl (C=O) groups is 3. The van der Waals surface area contributed by atoms with Gasteiger partial charge in [0.1, 0.15) is 6.61 Å². The summed E-state index contributed by atoms with van der Waals surface area (Å²) in [5.74, 6) is -1.49. The van der Waals surface area contributed by atoms with Crippen LogP contribution < -0.4 is 0 Å². The lowest BCUT2D eigenvalue weighted by Crippen LogP contribution is -2.50. The minimum absolute atomic E-state index is 0.0541. The fourth-order valence-electron chi connectivity index (χ4n) is 6.40. The lowest BCUT2D eigenvalue weighted by Gasteiger charge is -2.31. The largest absolute Gasteiger partial charge is 0.477 e. The summed E-state index contributed by atoms with van der Waals surface area (Å²) in [5.41, 5.74) is 0. The SMILES string of the molecule is CC/C=C/C/C=C/C/C=C/CCCCCCC(=O)OC(COCCC(C(=O)O)[N+](C)(C)C)COC(=O)CCCCCCCCCCCCCCCCCC. The lowest BCUT2D eigenvalue weighted by molar-refractivity contribution is -0.887. The minimum Gasteiger partial charge on any atom is -0.477 e. The second-order valence-electron chi connectivity index (χ2n) is 15.9. The highest BCUT2D eigenvalue weighted by atomic mass is 16.6. The molecule has 8 nitrogen and oxygen atoms in total. The Labute approximate surface area is 332 Å². The predicted molar refractivity (Wildman–Crippen MR) is 225 cm³/mol. The first-order chi connectivity index (χ1) is 26.1. The van der Waals surface area contributed by atoms with Crippen LogP contribution in [0.3, 0.4) is 0 Å². The van der Waals surface area contributed by atoms with Gasteiger partial charge >= 0.3 is 17.9 Å². The summed E-state index contributed by atoms with van der Waals surface area (Å²) in [7, 11) is 5.52. The van der Waals surface area contributed by atoms with Crippen molar-refractivity contribution < 1.29 is 38.2 Å². The maximum Gasteiger partial charge on any atom is 0.362 e. The Morgan fingerprint density at radius 2 is 1.04 bits per heavy atom. The Bertz CT molecular complexity index is 984. The van der Waals surface area contributed by atoms with Crippen molar-refractivity contribution in [2.75, 3.05) is 41.0 Å². The standard InChI is InChI=1S/C46H83NO7/c1-6-8-10-12-14-16-18-20-22-23-25-26-28-30-32-34-36-44(48)53-41-42(40-52-39-38-43(46(50)51)47(3,4)5)54-45(49)37-35-33-31-29-27-24-21-19-17-15-13-11-9-7-2/h9,11,15,17,21,24,42-43H,6-8,10,12-14,16,18-20,22-23,25-41H2,1-5H3/p+1/b11-9+,17-15+,24-21+. The van der Waals surface area contributed by atoms with Gasteiger partial charge in [0.05, 0.1) is 34.4 Å². The summed E-state index contributed by atoms with van der Waals surface area (Å²) in [4.78, 5) is 36.9. The van der Waals surface area contributed by atoms with E-state index in [0.717, 1.165) is 70.6 Å². The van der Waals surface area contributed by atoms with Crippen molar-refractivity contribution in [1.29, 1.82) is 0 Å². The maximum absolute atomic E-state index is 12.7. The number of hydrogen-bond donors (Lipinski definition) is 1. The number of carboxylic acids is 1. The van der Waals surface area contributed by atoms with Crippen LogP contribution in [0.2, 0.25) is 0 Å². The summed E-state index contributed by atoms with van der Waals surface area (Å²) < 4.78 is 17.3. The normalized spacial score (nSPS) is 13.3. The molecule has 0 saturated heterocycles. The molecule has 2 atom stereocenters. The Balaban J connectivity index is 4.35. The number of quaternary nitrogens is 1. The van der Waals surface area contributed by atoms with Crippen LogP contribution in [0.5, 0.6) is 0 Å². The van der Waals surface area contributed by atoms with Crippen molar-refractivity contribution >= 4 is 17.9 Å². The van der Waals surface area contributed by atoms with Gasteiger partial charge in [-0.1, -0.05) is 159 Å². The quantitative estimate of drug-likeness (QED) is 0.0288. The van der Waals surface area contributed by atoms with E-state index in [1.807, 2.05) is 21.1 Å². The van der Waals surface area contributed by atoms with Crippen LogP contribution in [0, 0.1) is 0 Å². The first-order valence-electron chi connectivity index (χ1n) is 22.0. The topological polar surface area (TPSA) is 99.1 Å². The molecule has 1 N–H and O–H groups in total.